The van der Waals surface area contributed by atoms with Crippen molar-refractivity contribution in [1.82, 2.24) is 9.78 Å². The lowest BCUT2D eigenvalue weighted by Gasteiger charge is -2.37. The third-order valence-electron chi connectivity index (χ3n) is 4.01. The van der Waals surface area contributed by atoms with E-state index in [1.54, 1.807) is 6.07 Å². The van der Waals surface area contributed by atoms with Crippen LogP contribution in [-0.2, 0) is 7.05 Å². The van der Waals surface area contributed by atoms with E-state index in [1.807, 2.05) is 30.8 Å². The second-order valence-corrected chi connectivity index (χ2v) is 5.37. The van der Waals surface area contributed by atoms with Crippen LogP contribution in [0.25, 0.3) is 0 Å². The van der Waals surface area contributed by atoms with Crippen LogP contribution in [0.15, 0.2) is 24.3 Å². The Morgan fingerprint density at radius 3 is 2.29 bits per heavy atom. The first kappa shape index (κ1) is 13.7. The van der Waals surface area contributed by atoms with Crippen LogP contribution in [0.1, 0.15) is 5.69 Å². The standard InChI is InChI=1S/C15H20FN5/c1-11-14(17)15(19(2)18-11)21-9-7-20(8-10-21)13-6-4-3-5-12(13)16/h3-6H,7-10,17H2,1-2H3. The molecule has 0 amide bonds. The van der Waals surface area contributed by atoms with E-state index in [4.69, 9.17) is 5.73 Å². The predicted octanol–water partition coefficient (Wildman–Crippen LogP) is 1.78. The number of hydrogen-bond donors (Lipinski definition) is 1. The van der Waals surface area contributed by atoms with Gasteiger partial charge >= 0.3 is 0 Å². The van der Waals surface area contributed by atoms with Crippen molar-refractivity contribution in [2.75, 3.05) is 41.7 Å². The largest absolute Gasteiger partial charge is 0.394 e. The lowest BCUT2D eigenvalue weighted by atomic mass is 10.2. The van der Waals surface area contributed by atoms with Crippen molar-refractivity contribution in [3.63, 3.8) is 0 Å². The quantitative estimate of drug-likeness (QED) is 0.915. The molecule has 112 valence electrons. The molecular weight excluding hydrogens is 269 g/mol. The smallest absolute Gasteiger partial charge is 0.150 e. The summed E-state index contributed by atoms with van der Waals surface area (Å²) in [5, 5.41) is 4.35. The Hall–Kier alpha value is -2.24. The van der Waals surface area contributed by atoms with Crippen LogP contribution in [0.4, 0.5) is 21.6 Å². The highest BCUT2D eigenvalue weighted by molar-refractivity contribution is 5.66. The number of nitrogen functional groups attached to an aromatic ring is 1. The monoisotopic (exact) mass is 289 g/mol. The van der Waals surface area contributed by atoms with Gasteiger partial charge in [-0.3, -0.25) is 4.68 Å². The van der Waals surface area contributed by atoms with Crippen molar-refractivity contribution < 1.29 is 4.39 Å². The number of anilines is 3. The summed E-state index contributed by atoms with van der Waals surface area (Å²) in [6, 6.07) is 6.92. The van der Waals surface area contributed by atoms with E-state index in [0.29, 0.717) is 5.69 Å². The first-order chi connectivity index (χ1) is 10.1. The average molecular weight is 289 g/mol. The van der Waals surface area contributed by atoms with Gasteiger partial charge in [-0.05, 0) is 19.1 Å². The van der Waals surface area contributed by atoms with Crippen LogP contribution in [0.5, 0.6) is 0 Å². The molecule has 21 heavy (non-hydrogen) atoms. The maximum absolute atomic E-state index is 13.8. The van der Waals surface area contributed by atoms with E-state index in [2.05, 4.69) is 14.9 Å². The molecular formula is C15H20FN5. The lowest BCUT2D eigenvalue weighted by molar-refractivity contribution is 0.589. The highest BCUT2D eigenvalue weighted by atomic mass is 19.1. The number of rotatable bonds is 2. The Labute approximate surface area is 123 Å². The van der Waals surface area contributed by atoms with Gasteiger partial charge in [-0.25, -0.2) is 4.39 Å². The molecule has 1 aromatic carbocycles. The summed E-state index contributed by atoms with van der Waals surface area (Å²) < 4.78 is 15.7. The van der Waals surface area contributed by atoms with Crippen LogP contribution < -0.4 is 15.5 Å². The van der Waals surface area contributed by atoms with Crippen molar-refractivity contribution in [2.45, 2.75) is 6.92 Å². The normalized spacial score (nSPS) is 15.6. The predicted molar refractivity (Wildman–Crippen MR) is 83.2 cm³/mol. The van der Waals surface area contributed by atoms with Gasteiger partial charge in [-0.2, -0.15) is 5.10 Å². The van der Waals surface area contributed by atoms with Crippen LogP contribution in [0.3, 0.4) is 0 Å². The summed E-state index contributed by atoms with van der Waals surface area (Å²) in [5.74, 6) is 0.794. The van der Waals surface area contributed by atoms with Gasteiger partial charge in [0, 0.05) is 33.2 Å². The number of halogens is 1. The van der Waals surface area contributed by atoms with Crippen LogP contribution in [0.2, 0.25) is 0 Å². The number of benzene rings is 1. The number of piperazine rings is 1. The third kappa shape index (κ3) is 2.41. The second-order valence-electron chi connectivity index (χ2n) is 5.37. The molecule has 0 bridgehead atoms. The molecule has 0 atom stereocenters. The van der Waals surface area contributed by atoms with E-state index >= 15 is 0 Å². The minimum absolute atomic E-state index is 0.165. The molecule has 1 aromatic heterocycles. The minimum Gasteiger partial charge on any atom is -0.394 e. The fraction of sp³-hybridized carbons (Fsp3) is 0.400. The molecule has 0 aliphatic carbocycles. The van der Waals surface area contributed by atoms with Gasteiger partial charge < -0.3 is 15.5 Å². The van der Waals surface area contributed by atoms with Crippen molar-refractivity contribution in [1.29, 1.82) is 0 Å². The Morgan fingerprint density at radius 1 is 1.10 bits per heavy atom. The number of para-hydroxylation sites is 1. The van der Waals surface area contributed by atoms with Crippen molar-refractivity contribution in [3.05, 3.63) is 35.8 Å². The Balaban J connectivity index is 1.75. The zero-order chi connectivity index (χ0) is 15.0. The third-order valence-corrected chi connectivity index (χ3v) is 4.01. The van der Waals surface area contributed by atoms with Gasteiger partial charge in [0.25, 0.3) is 0 Å². The number of nitrogens with two attached hydrogens (primary N) is 1. The van der Waals surface area contributed by atoms with Gasteiger partial charge in [-0.1, -0.05) is 12.1 Å². The number of hydrogen-bond acceptors (Lipinski definition) is 4. The fourth-order valence-electron chi connectivity index (χ4n) is 2.90. The van der Waals surface area contributed by atoms with Gasteiger partial charge in [0.15, 0.2) is 5.82 Å². The fourth-order valence-corrected chi connectivity index (χ4v) is 2.90. The van der Waals surface area contributed by atoms with E-state index in [9.17, 15) is 4.39 Å². The Morgan fingerprint density at radius 2 is 1.71 bits per heavy atom. The Kier molecular flexibility index (Phi) is 3.45. The minimum atomic E-state index is -0.165. The zero-order valence-electron chi connectivity index (χ0n) is 12.4. The SMILES string of the molecule is Cc1nn(C)c(N2CCN(c3ccccc3F)CC2)c1N. The molecule has 2 N–H and O–H groups in total. The maximum atomic E-state index is 13.8. The molecule has 1 saturated heterocycles. The molecule has 2 aromatic rings. The van der Waals surface area contributed by atoms with Gasteiger partial charge in [0.05, 0.1) is 17.1 Å². The first-order valence-corrected chi connectivity index (χ1v) is 7.11. The summed E-state index contributed by atoms with van der Waals surface area (Å²) >= 11 is 0. The van der Waals surface area contributed by atoms with Crippen LogP contribution >= 0.6 is 0 Å². The highest BCUT2D eigenvalue weighted by Crippen LogP contribution is 2.28. The van der Waals surface area contributed by atoms with E-state index < -0.39 is 0 Å². The molecule has 5 nitrogen and oxygen atoms in total. The Bertz CT molecular complexity index is 644. The van der Waals surface area contributed by atoms with E-state index in [-0.39, 0.29) is 5.82 Å². The average Bonchev–Trinajstić information content (AvgIpc) is 2.73. The summed E-state index contributed by atoms with van der Waals surface area (Å²) in [6.45, 7) is 5.05. The van der Waals surface area contributed by atoms with Crippen LogP contribution in [-0.4, -0.2) is 36.0 Å². The van der Waals surface area contributed by atoms with Gasteiger partial charge in [-0.15, -0.1) is 0 Å². The molecule has 2 heterocycles. The summed E-state index contributed by atoms with van der Waals surface area (Å²) in [4.78, 5) is 4.29. The molecule has 1 fully saturated rings. The number of nitrogens with zero attached hydrogens (tertiary/aromatic N) is 4. The molecule has 0 unspecified atom stereocenters. The van der Waals surface area contributed by atoms with Crippen molar-refractivity contribution >= 4 is 17.2 Å². The van der Waals surface area contributed by atoms with Crippen molar-refractivity contribution in [3.8, 4) is 0 Å². The van der Waals surface area contributed by atoms with Gasteiger partial charge in [0.2, 0.25) is 0 Å². The van der Waals surface area contributed by atoms with Crippen LogP contribution in [0, 0.1) is 12.7 Å². The summed E-state index contributed by atoms with van der Waals surface area (Å²) in [7, 11) is 1.90. The molecule has 1 aliphatic heterocycles. The molecule has 0 radical (unpaired) electrons. The molecule has 3 rings (SSSR count). The molecule has 0 spiro atoms. The number of aromatic nitrogens is 2. The van der Waals surface area contributed by atoms with E-state index in [1.165, 1.54) is 6.07 Å². The second kappa shape index (κ2) is 5.27. The lowest BCUT2D eigenvalue weighted by Crippen LogP contribution is -2.47. The molecule has 0 saturated carbocycles. The van der Waals surface area contributed by atoms with Gasteiger partial charge in [0.1, 0.15) is 5.82 Å². The summed E-state index contributed by atoms with van der Waals surface area (Å²) in [6.07, 6.45) is 0. The van der Waals surface area contributed by atoms with E-state index in [0.717, 1.165) is 43.4 Å². The zero-order valence-corrected chi connectivity index (χ0v) is 12.4. The maximum Gasteiger partial charge on any atom is 0.150 e. The molecule has 6 heteroatoms. The number of aryl methyl sites for hydroxylation is 2. The summed E-state index contributed by atoms with van der Waals surface area (Å²) in [5.41, 5.74) is 8.36. The topological polar surface area (TPSA) is 50.3 Å². The first-order valence-electron chi connectivity index (χ1n) is 7.11. The molecule has 1 aliphatic rings. The van der Waals surface area contributed by atoms with Crippen molar-refractivity contribution in [2.24, 2.45) is 7.05 Å². The highest BCUT2D eigenvalue weighted by Gasteiger charge is 2.23.